The fraction of sp³-hybridized carbons (Fsp3) is 0.0667. The summed E-state index contributed by atoms with van der Waals surface area (Å²) in [6.45, 7) is 0. The van der Waals surface area contributed by atoms with Gasteiger partial charge < -0.3 is 15.0 Å². The van der Waals surface area contributed by atoms with Crippen molar-refractivity contribution < 1.29 is 4.74 Å². The minimum atomic E-state index is -0.120. The smallest absolute Gasteiger partial charge is 0.190 e. The largest absolute Gasteiger partial charge is 0.495 e. The first-order valence-electron chi connectivity index (χ1n) is 6.62. The number of rotatable bonds is 4. The molecule has 0 spiro atoms. The summed E-state index contributed by atoms with van der Waals surface area (Å²) < 4.78 is 5.20. The van der Waals surface area contributed by atoms with Gasteiger partial charge in [0.15, 0.2) is 10.6 Å². The number of halogens is 1. The number of pyridine rings is 1. The highest BCUT2D eigenvalue weighted by molar-refractivity contribution is 7.20. The van der Waals surface area contributed by atoms with Gasteiger partial charge in [0.25, 0.3) is 0 Å². The first-order valence-corrected chi connectivity index (χ1v) is 8.55. The Bertz CT molecular complexity index is 952. The van der Waals surface area contributed by atoms with Crippen molar-refractivity contribution in [3.63, 3.8) is 0 Å². The van der Waals surface area contributed by atoms with Gasteiger partial charge in [-0.1, -0.05) is 17.4 Å². The van der Waals surface area contributed by atoms with Gasteiger partial charge in [-0.25, -0.2) is 4.98 Å². The molecule has 1 unspecified atom stereocenters. The predicted molar refractivity (Wildman–Crippen MR) is 99.7 cm³/mol. The number of hydrogen-bond donors (Lipinski definition) is 2. The molecule has 0 saturated heterocycles. The van der Waals surface area contributed by atoms with Crippen LogP contribution < -0.4 is 15.5 Å². The van der Waals surface area contributed by atoms with Crippen LogP contribution in [0.1, 0.15) is 0 Å². The summed E-state index contributed by atoms with van der Waals surface area (Å²) in [6, 6.07) is 4.90. The second-order valence-corrected chi connectivity index (χ2v) is 6.21. The van der Waals surface area contributed by atoms with Crippen molar-refractivity contribution in [2.75, 3.05) is 12.4 Å². The molecule has 2 N–H and O–H groups in total. The van der Waals surface area contributed by atoms with Crippen LogP contribution in [0.15, 0.2) is 40.4 Å². The van der Waals surface area contributed by atoms with E-state index in [1.54, 1.807) is 24.1 Å². The Kier molecular flexibility index (Phi) is 4.66. The number of benzene rings is 1. The van der Waals surface area contributed by atoms with Gasteiger partial charge in [0.1, 0.15) is 10.8 Å². The van der Waals surface area contributed by atoms with Crippen LogP contribution in [0.25, 0.3) is 22.3 Å². The van der Waals surface area contributed by atoms with Gasteiger partial charge in [-0.3, -0.25) is 4.79 Å². The molecule has 8 heteroatoms. The third-order valence-electron chi connectivity index (χ3n) is 3.21. The molecule has 0 radical (unpaired) electrons. The van der Waals surface area contributed by atoms with Crippen LogP contribution in [-0.4, -0.2) is 17.1 Å². The van der Waals surface area contributed by atoms with Crippen LogP contribution >= 0.6 is 32.2 Å². The maximum atomic E-state index is 12.3. The topological polar surface area (TPSA) is 67.0 Å². The van der Waals surface area contributed by atoms with E-state index in [0.717, 1.165) is 5.13 Å². The highest BCUT2D eigenvalue weighted by atomic mass is 35.5. The second-order valence-electron chi connectivity index (χ2n) is 4.59. The molecule has 0 aliphatic rings. The molecule has 0 aliphatic carbocycles. The van der Waals surface area contributed by atoms with E-state index in [1.165, 1.54) is 24.5 Å². The number of anilines is 1. The Morgan fingerprint density at radius 3 is 3.04 bits per heavy atom. The number of nitrogens with one attached hydrogen (secondary N) is 2. The molecule has 3 aromatic rings. The lowest BCUT2D eigenvalue weighted by atomic mass is 10.1. The minimum absolute atomic E-state index is 0.120. The monoisotopic (exact) mass is 365 g/mol. The standard InChI is InChI=1S/C15H13ClN3O2PS/c1-21-12-3-2-8-11(20)6-9(18-14(8)13(12)16)10-7-23-15(19-10)17-4-5-22/h2-7H,22H2,1H3,(H,17,19)(H,18,20)/b5-4+. The van der Waals surface area contributed by atoms with Crippen molar-refractivity contribution >= 4 is 48.2 Å². The number of H-pyrrole nitrogens is 1. The third-order valence-corrected chi connectivity index (χ3v) is 4.55. The van der Waals surface area contributed by atoms with Crippen molar-refractivity contribution in [1.82, 2.24) is 9.97 Å². The van der Waals surface area contributed by atoms with Crippen molar-refractivity contribution in [2.24, 2.45) is 0 Å². The number of methoxy groups -OCH3 is 1. The molecule has 118 valence electrons. The van der Waals surface area contributed by atoms with E-state index >= 15 is 0 Å². The average molecular weight is 366 g/mol. The molecule has 0 bridgehead atoms. The van der Waals surface area contributed by atoms with Crippen LogP contribution in [0, 0.1) is 0 Å². The predicted octanol–water partition coefficient (Wildman–Crippen LogP) is 4.07. The molecule has 0 aliphatic heterocycles. The zero-order valence-corrected chi connectivity index (χ0v) is 14.8. The number of fused-ring (bicyclic) bond motifs is 1. The first-order chi connectivity index (χ1) is 11.1. The molecule has 0 fully saturated rings. The summed E-state index contributed by atoms with van der Waals surface area (Å²) >= 11 is 7.76. The van der Waals surface area contributed by atoms with E-state index in [-0.39, 0.29) is 5.43 Å². The first kappa shape index (κ1) is 16.0. The summed E-state index contributed by atoms with van der Waals surface area (Å²) in [5.41, 5.74) is 1.70. The SMILES string of the molecule is COc1ccc2c(=O)cc(-c3csc(N/C=C/P)n3)[nH]c2c1Cl. The van der Waals surface area contributed by atoms with Gasteiger partial charge in [0, 0.05) is 23.0 Å². The van der Waals surface area contributed by atoms with Crippen molar-refractivity contribution in [3.05, 3.63) is 50.8 Å². The van der Waals surface area contributed by atoms with Crippen LogP contribution in [-0.2, 0) is 0 Å². The Labute approximate surface area is 143 Å². The second kappa shape index (κ2) is 6.71. The van der Waals surface area contributed by atoms with E-state index in [1.807, 2.05) is 5.38 Å². The number of aromatic nitrogens is 2. The maximum absolute atomic E-state index is 12.3. The van der Waals surface area contributed by atoms with E-state index in [9.17, 15) is 4.79 Å². The maximum Gasteiger partial charge on any atom is 0.190 e. The fourth-order valence-corrected chi connectivity index (χ4v) is 3.22. The van der Waals surface area contributed by atoms with Gasteiger partial charge in [-0.15, -0.1) is 20.6 Å². The van der Waals surface area contributed by atoms with Gasteiger partial charge >= 0.3 is 0 Å². The molecule has 5 nitrogen and oxygen atoms in total. The minimum Gasteiger partial charge on any atom is -0.495 e. The summed E-state index contributed by atoms with van der Waals surface area (Å²) in [7, 11) is 4.01. The summed E-state index contributed by atoms with van der Waals surface area (Å²) in [5.74, 6) is 2.31. The summed E-state index contributed by atoms with van der Waals surface area (Å²) in [5, 5.41) is 6.52. The molecule has 2 aromatic heterocycles. The van der Waals surface area contributed by atoms with Gasteiger partial charge in [0.2, 0.25) is 0 Å². The molecule has 1 atom stereocenters. The van der Waals surface area contributed by atoms with Gasteiger partial charge in [0.05, 0.1) is 24.0 Å². The van der Waals surface area contributed by atoms with Crippen molar-refractivity contribution in [1.29, 1.82) is 0 Å². The Hall–Kier alpha value is -1.88. The molecule has 3 rings (SSSR count). The van der Waals surface area contributed by atoms with E-state index in [2.05, 4.69) is 24.5 Å². The Morgan fingerprint density at radius 2 is 2.30 bits per heavy atom. The van der Waals surface area contributed by atoms with Crippen LogP contribution in [0.2, 0.25) is 5.02 Å². The molecular formula is C15H13ClN3O2PS. The van der Waals surface area contributed by atoms with Gasteiger partial charge in [-0.05, 0) is 12.1 Å². The summed E-state index contributed by atoms with van der Waals surface area (Å²) in [4.78, 5) is 19.9. The quantitative estimate of drug-likeness (QED) is 0.684. The number of nitrogens with zero attached hydrogens (tertiary/aromatic N) is 1. The van der Waals surface area contributed by atoms with E-state index in [4.69, 9.17) is 16.3 Å². The molecule has 2 heterocycles. The molecule has 0 amide bonds. The van der Waals surface area contributed by atoms with Crippen LogP contribution in [0.3, 0.4) is 0 Å². The fourth-order valence-electron chi connectivity index (χ4n) is 2.14. The zero-order chi connectivity index (χ0) is 16.4. The molecular weight excluding hydrogens is 353 g/mol. The lowest BCUT2D eigenvalue weighted by Crippen LogP contribution is -2.04. The zero-order valence-electron chi connectivity index (χ0n) is 12.1. The molecule has 1 aromatic carbocycles. The van der Waals surface area contributed by atoms with E-state index in [0.29, 0.717) is 33.1 Å². The highest BCUT2D eigenvalue weighted by Crippen LogP contribution is 2.32. The van der Waals surface area contributed by atoms with Crippen molar-refractivity contribution in [3.8, 4) is 17.1 Å². The number of thiazole rings is 1. The number of ether oxygens (including phenoxy) is 1. The van der Waals surface area contributed by atoms with E-state index < -0.39 is 0 Å². The normalized spacial score (nSPS) is 11.3. The van der Waals surface area contributed by atoms with Gasteiger partial charge in [-0.2, -0.15) is 0 Å². The van der Waals surface area contributed by atoms with Crippen LogP contribution in [0.5, 0.6) is 5.75 Å². The Morgan fingerprint density at radius 1 is 1.48 bits per heavy atom. The number of hydrogen-bond acceptors (Lipinski definition) is 5. The Balaban J connectivity index is 2.13. The summed E-state index contributed by atoms with van der Waals surface area (Å²) in [6.07, 6.45) is 1.76. The lowest BCUT2D eigenvalue weighted by Gasteiger charge is -2.07. The molecule has 0 saturated carbocycles. The number of aromatic amines is 1. The van der Waals surface area contributed by atoms with Crippen molar-refractivity contribution in [2.45, 2.75) is 0 Å². The highest BCUT2D eigenvalue weighted by Gasteiger charge is 2.12. The lowest BCUT2D eigenvalue weighted by molar-refractivity contribution is 0.415. The van der Waals surface area contributed by atoms with Crippen LogP contribution in [0.4, 0.5) is 5.13 Å². The average Bonchev–Trinajstić information content (AvgIpc) is 3.02. The molecule has 23 heavy (non-hydrogen) atoms. The third kappa shape index (κ3) is 3.11.